The normalized spacial score (nSPS) is 21.7. The van der Waals surface area contributed by atoms with Gasteiger partial charge in [-0.05, 0) is 44.4 Å². The summed E-state index contributed by atoms with van der Waals surface area (Å²) in [5.41, 5.74) is 0.582. The third kappa shape index (κ3) is 3.52. The molecular weight excluding hydrogens is 403 g/mol. The highest BCUT2D eigenvalue weighted by Gasteiger charge is 2.48. The lowest BCUT2D eigenvalue weighted by Gasteiger charge is -2.57. The molecule has 156 valence electrons. The minimum absolute atomic E-state index is 0.0386. The van der Waals surface area contributed by atoms with Crippen molar-refractivity contribution in [3.8, 4) is 5.69 Å². The maximum Gasteiger partial charge on any atom is 0.293 e. The number of aromatic nitrogens is 4. The van der Waals surface area contributed by atoms with Crippen molar-refractivity contribution < 1.29 is 9.18 Å². The largest absolute Gasteiger partial charge is 0.334 e. The molecule has 7 nitrogen and oxygen atoms in total. The van der Waals surface area contributed by atoms with Crippen LogP contribution in [0.3, 0.4) is 0 Å². The van der Waals surface area contributed by atoms with Crippen molar-refractivity contribution in [2.24, 2.45) is 0 Å². The van der Waals surface area contributed by atoms with Crippen molar-refractivity contribution in [2.45, 2.75) is 38.3 Å². The van der Waals surface area contributed by atoms with Crippen molar-refractivity contribution in [3.05, 3.63) is 58.3 Å². The third-order valence-corrected chi connectivity index (χ3v) is 7.03. The van der Waals surface area contributed by atoms with E-state index in [-0.39, 0.29) is 23.1 Å². The number of thiazole rings is 1. The van der Waals surface area contributed by atoms with Crippen LogP contribution in [-0.2, 0) is 6.54 Å². The first-order valence-electron chi connectivity index (χ1n) is 10.2. The van der Waals surface area contributed by atoms with Gasteiger partial charge in [-0.2, -0.15) is 0 Å². The summed E-state index contributed by atoms with van der Waals surface area (Å²) in [5.74, 6) is -0.361. The number of hydrogen-bond donors (Lipinski definition) is 0. The molecule has 1 aromatic carbocycles. The molecular formula is C21H23FN6OS. The molecule has 0 aliphatic carbocycles. The summed E-state index contributed by atoms with van der Waals surface area (Å²) in [6.07, 6.45) is 6.58. The van der Waals surface area contributed by atoms with Crippen molar-refractivity contribution >= 4 is 17.2 Å². The Morgan fingerprint density at radius 2 is 2.17 bits per heavy atom. The fourth-order valence-corrected chi connectivity index (χ4v) is 5.30. The van der Waals surface area contributed by atoms with Gasteiger partial charge in [0.25, 0.3) is 5.91 Å². The van der Waals surface area contributed by atoms with E-state index in [0.29, 0.717) is 18.8 Å². The van der Waals surface area contributed by atoms with E-state index in [1.807, 2.05) is 18.0 Å². The molecule has 0 radical (unpaired) electrons. The summed E-state index contributed by atoms with van der Waals surface area (Å²) >= 11 is 1.74. The number of carbonyl (C=O) groups is 1. The fraction of sp³-hybridized carbons (Fsp3) is 0.429. The number of rotatable bonds is 4. The zero-order chi connectivity index (χ0) is 20.7. The molecule has 0 unspecified atom stereocenters. The number of nitrogens with zero attached hydrogens (tertiary/aromatic N) is 6. The molecule has 9 heteroatoms. The molecule has 4 heterocycles. The monoisotopic (exact) mass is 426 g/mol. The summed E-state index contributed by atoms with van der Waals surface area (Å²) in [7, 11) is 0. The van der Waals surface area contributed by atoms with Crippen molar-refractivity contribution in [1.82, 2.24) is 29.5 Å². The zero-order valence-corrected chi connectivity index (χ0v) is 17.6. The van der Waals surface area contributed by atoms with Gasteiger partial charge in [0, 0.05) is 42.8 Å². The summed E-state index contributed by atoms with van der Waals surface area (Å²) in [5, 5.41) is 5.39. The number of benzene rings is 1. The maximum absolute atomic E-state index is 13.5. The highest BCUT2D eigenvalue weighted by Crippen LogP contribution is 2.40. The Morgan fingerprint density at radius 1 is 1.27 bits per heavy atom. The van der Waals surface area contributed by atoms with Gasteiger partial charge < -0.3 is 4.90 Å². The van der Waals surface area contributed by atoms with Crippen LogP contribution in [-0.4, -0.2) is 60.6 Å². The Bertz CT molecular complexity index is 1080. The number of likely N-dealkylation sites (tertiary alicyclic amines) is 2. The van der Waals surface area contributed by atoms with Gasteiger partial charge in [0.15, 0.2) is 0 Å². The summed E-state index contributed by atoms with van der Waals surface area (Å²) in [6, 6.07) is 6.08. The van der Waals surface area contributed by atoms with Crippen molar-refractivity contribution in [2.75, 3.05) is 19.6 Å². The van der Waals surface area contributed by atoms with Crippen LogP contribution in [0.4, 0.5) is 4.39 Å². The smallest absolute Gasteiger partial charge is 0.293 e. The molecule has 2 aromatic heterocycles. The molecule has 2 aliphatic heterocycles. The van der Waals surface area contributed by atoms with E-state index in [4.69, 9.17) is 0 Å². The topological polar surface area (TPSA) is 67.2 Å². The van der Waals surface area contributed by atoms with Gasteiger partial charge in [-0.15, -0.1) is 16.4 Å². The molecule has 5 rings (SSSR count). The highest BCUT2D eigenvalue weighted by atomic mass is 32.1. The number of halogens is 1. The van der Waals surface area contributed by atoms with Crippen LogP contribution in [0.15, 0.2) is 36.8 Å². The van der Waals surface area contributed by atoms with E-state index in [2.05, 4.69) is 20.0 Å². The van der Waals surface area contributed by atoms with Crippen LogP contribution in [0.2, 0.25) is 0 Å². The Kier molecular flexibility index (Phi) is 4.86. The minimum atomic E-state index is -0.352. The summed E-state index contributed by atoms with van der Waals surface area (Å²) in [6.45, 7) is 5.36. The van der Waals surface area contributed by atoms with Gasteiger partial charge in [0.1, 0.15) is 12.1 Å². The molecule has 0 bridgehead atoms. The lowest BCUT2D eigenvalue weighted by molar-refractivity contribution is -0.0645. The van der Waals surface area contributed by atoms with E-state index < -0.39 is 0 Å². The second-order valence-corrected chi connectivity index (χ2v) is 9.38. The Labute approximate surface area is 178 Å². The lowest BCUT2D eigenvalue weighted by atomic mass is 9.77. The molecule has 30 heavy (non-hydrogen) atoms. The molecule has 2 saturated heterocycles. The van der Waals surface area contributed by atoms with Crippen LogP contribution in [0.1, 0.15) is 39.8 Å². The predicted molar refractivity (Wildman–Crippen MR) is 111 cm³/mol. The minimum Gasteiger partial charge on any atom is -0.334 e. The first-order chi connectivity index (χ1) is 14.5. The van der Waals surface area contributed by atoms with E-state index in [0.717, 1.165) is 37.4 Å². The molecule has 1 amide bonds. The quantitative estimate of drug-likeness (QED) is 0.642. The first kappa shape index (κ1) is 19.3. The number of carbonyl (C=O) groups excluding carboxylic acids is 1. The third-order valence-electron chi connectivity index (χ3n) is 6.13. The Hall–Kier alpha value is -2.65. The molecule has 0 saturated carbocycles. The SMILES string of the molecule is Cc1ncc(CN2CC[C@]23CCCN(C(=O)c2ncn(-c4cccc(F)c4)n2)C3)s1. The van der Waals surface area contributed by atoms with E-state index in [1.54, 1.807) is 23.5 Å². The molecule has 0 N–H and O–H groups in total. The van der Waals surface area contributed by atoms with Gasteiger partial charge in [-0.1, -0.05) is 6.07 Å². The van der Waals surface area contributed by atoms with Gasteiger partial charge >= 0.3 is 0 Å². The predicted octanol–water partition coefficient (Wildman–Crippen LogP) is 3.05. The number of piperidine rings is 1. The van der Waals surface area contributed by atoms with Crippen LogP contribution in [0, 0.1) is 12.7 Å². The average Bonchev–Trinajstić information content (AvgIpc) is 3.40. The number of amides is 1. The summed E-state index contributed by atoms with van der Waals surface area (Å²) < 4.78 is 14.9. The standard InChI is InChI=1S/C21H23FN6OS/c1-15-23-11-18(30-15)12-27-9-7-21(27)6-3-8-26(13-21)20(29)19-24-14-28(25-19)17-5-2-4-16(22)10-17/h2,4-5,10-11,14H,3,6-9,12-13H2,1H3/t21-/m0/s1. The van der Waals surface area contributed by atoms with Crippen LogP contribution < -0.4 is 0 Å². The molecule has 2 fully saturated rings. The van der Waals surface area contributed by atoms with Crippen molar-refractivity contribution in [1.29, 1.82) is 0 Å². The molecule has 1 atom stereocenters. The van der Waals surface area contributed by atoms with Gasteiger partial charge in [-0.3, -0.25) is 9.69 Å². The van der Waals surface area contributed by atoms with E-state index >= 15 is 0 Å². The van der Waals surface area contributed by atoms with Gasteiger partial charge in [0.2, 0.25) is 5.82 Å². The average molecular weight is 427 g/mol. The van der Waals surface area contributed by atoms with Crippen molar-refractivity contribution in [3.63, 3.8) is 0 Å². The van der Waals surface area contributed by atoms with Crippen LogP contribution >= 0.6 is 11.3 Å². The van der Waals surface area contributed by atoms with Gasteiger partial charge in [0.05, 0.1) is 10.7 Å². The lowest BCUT2D eigenvalue weighted by Crippen LogP contribution is -2.67. The molecule has 2 aliphatic rings. The first-order valence-corrected chi connectivity index (χ1v) is 11.0. The van der Waals surface area contributed by atoms with Crippen LogP contribution in [0.25, 0.3) is 5.69 Å². The van der Waals surface area contributed by atoms with Gasteiger partial charge in [-0.25, -0.2) is 19.0 Å². The highest BCUT2D eigenvalue weighted by molar-refractivity contribution is 7.11. The zero-order valence-electron chi connectivity index (χ0n) is 16.8. The summed E-state index contributed by atoms with van der Waals surface area (Å²) in [4.78, 5) is 27.3. The second kappa shape index (κ2) is 7.55. The second-order valence-electron chi connectivity index (χ2n) is 8.06. The Balaban J connectivity index is 1.30. The molecule has 1 spiro atoms. The molecule has 3 aromatic rings. The maximum atomic E-state index is 13.5. The van der Waals surface area contributed by atoms with Crippen LogP contribution in [0.5, 0.6) is 0 Å². The van der Waals surface area contributed by atoms with E-state index in [1.165, 1.54) is 28.0 Å². The number of hydrogen-bond acceptors (Lipinski definition) is 6. The van der Waals surface area contributed by atoms with E-state index in [9.17, 15) is 9.18 Å². The number of aryl methyl sites for hydroxylation is 1. The fourth-order valence-electron chi connectivity index (χ4n) is 4.49. The Morgan fingerprint density at radius 3 is 2.90 bits per heavy atom.